The third-order valence-corrected chi connectivity index (χ3v) is 3.08. The number of halogens is 2. The zero-order valence-corrected chi connectivity index (χ0v) is 10.5. The molecule has 0 radical (unpaired) electrons. The van der Waals surface area contributed by atoms with Gasteiger partial charge >= 0.3 is 0 Å². The van der Waals surface area contributed by atoms with Gasteiger partial charge in [0.15, 0.2) is 11.6 Å². The molecule has 2 rings (SSSR count). The molecule has 1 aliphatic heterocycles. The third kappa shape index (κ3) is 3.01. The first-order valence-corrected chi connectivity index (χ1v) is 6.01. The van der Waals surface area contributed by atoms with E-state index in [0.717, 1.165) is 12.5 Å². The summed E-state index contributed by atoms with van der Waals surface area (Å²) < 4.78 is 36.9. The van der Waals surface area contributed by atoms with Crippen molar-refractivity contribution < 1.29 is 23.0 Å². The average molecular weight is 271 g/mol. The second-order valence-corrected chi connectivity index (χ2v) is 4.38. The van der Waals surface area contributed by atoms with Crippen LogP contribution in [-0.4, -0.2) is 32.8 Å². The Morgan fingerprint density at radius 3 is 2.95 bits per heavy atom. The van der Waals surface area contributed by atoms with E-state index in [-0.39, 0.29) is 11.7 Å². The molecule has 0 aromatic heterocycles. The number of hydrogen-bond acceptors (Lipinski definition) is 3. The lowest BCUT2D eigenvalue weighted by molar-refractivity contribution is 0.0936. The normalized spacial score (nSPS) is 18.4. The third-order valence-electron chi connectivity index (χ3n) is 3.08. The average Bonchev–Trinajstić information content (AvgIpc) is 2.92. The summed E-state index contributed by atoms with van der Waals surface area (Å²) in [7, 11) is 1.30. The highest BCUT2D eigenvalue weighted by Crippen LogP contribution is 2.23. The van der Waals surface area contributed by atoms with Crippen LogP contribution in [0, 0.1) is 17.6 Å². The molecule has 0 unspecified atom stereocenters. The maximum Gasteiger partial charge on any atom is 0.258 e. The van der Waals surface area contributed by atoms with Gasteiger partial charge in [0.2, 0.25) is 0 Å². The Kier molecular flexibility index (Phi) is 4.31. The minimum atomic E-state index is -1.19. The Balaban J connectivity index is 2.11. The van der Waals surface area contributed by atoms with Gasteiger partial charge in [-0.1, -0.05) is 0 Å². The number of methoxy groups -OCH3 is 1. The van der Waals surface area contributed by atoms with Crippen LogP contribution >= 0.6 is 0 Å². The molecule has 6 heteroatoms. The number of carbonyl (C=O) groups is 1. The highest BCUT2D eigenvalue weighted by atomic mass is 19.2. The Bertz CT molecular complexity index is 473. The lowest BCUT2D eigenvalue weighted by atomic mass is 10.1. The fourth-order valence-electron chi connectivity index (χ4n) is 1.98. The molecule has 1 amide bonds. The predicted molar refractivity (Wildman–Crippen MR) is 64.2 cm³/mol. The van der Waals surface area contributed by atoms with Gasteiger partial charge in [-0.05, 0) is 18.6 Å². The second kappa shape index (κ2) is 5.97. The van der Waals surface area contributed by atoms with Crippen molar-refractivity contribution >= 4 is 5.91 Å². The van der Waals surface area contributed by atoms with Gasteiger partial charge in [-0.2, -0.15) is 0 Å². The molecule has 1 aromatic carbocycles. The molecule has 0 spiro atoms. The van der Waals surface area contributed by atoms with Gasteiger partial charge in [-0.3, -0.25) is 4.79 Å². The SMILES string of the molecule is COc1ccc(F)c(F)c1C(=O)NC[C@H]1CCOC1. The van der Waals surface area contributed by atoms with Gasteiger partial charge in [-0.25, -0.2) is 8.78 Å². The number of ether oxygens (including phenoxy) is 2. The number of benzene rings is 1. The first kappa shape index (κ1) is 13.7. The van der Waals surface area contributed by atoms with Gasteiger partial charge in [0.25, 0.3) is 5.91 Å². The number of amides is 1. The van der Waals surface area contributed by atoms with Gasteiger partial charge in [0.05, 0.1) is 13.7 Å². The summed E-state index contributed by atoms with van der Waals surface area (Å²) in [6, 6.07) is 2.15. The quantitative estimate of drug-likeness (QED) is 0.907. The summed E-state index contributed by atoms with van der Waals surface area (Å²) in [5.41, 5.74) is -0.401. The van der Waals surface area contributed by atoms with Crippen molar-refractivity contribution in [3.8, 4) is 5.75 Å². The molecule has 1 N–H and O–H groups in total. The standard InChI is InChI=1S/C13H15F2NO3/c1-18-10-3-2-9(14)12(15)11(10)13(17)16-6-8-4-5-19-7-8/h2-3,8H,4-7H2,1H3,(H,16,17)/t8-/m1/s1. The highest BCUT2D eigenvalue weighted by Gasteiger charge is 2.23. The monoisotopic (exact) mass is 271 g/mol. The van der Waals surface area contributed by atoms with Crippen LogP contribution in [0.5, 0.6) is 5.75 Å². The summed E-state index contributed by atoms with van der Waals surface area (Å²) in [5, 5.41) is 2.58. The molecule has 1 saturated heterocycles. The molecule has 1 heterocycles. The van der Waals surface area contributed by atoms with E-state index in [1.165, 1.54) is 13.2 Å². The lowest BCUT2D eigenvalue weighted by Crippen LogP contribution is -2.30. The van der Waals surface area contributed by atoms with Crippen LogP contribution in [0.25, 0.3) is 0 Å². The molecule has 104 valence electrons. The minimum Gasteiger partial charge on any atom is -0.496 e. The van der Waals surface area contributed by atoms with Crippen molar-refractivity contribution in [3.63, 3.8) is 0 Å². The smallest absolute Gasteiger partial charge is 0.258 e. The van der Waals surface area contributed by atoms with Crippen molar-refractivity contribution in [2.75, 3.05) is 26.9 Å². The zero-order valence-electron chi connectivity index (χ0n) is 10.5. The van der Waals surface area contributed by atoms with E-state index in [9.17, 15) is 13.6 Å². The molecular weight excluding hydrogens is 256 g/mol. The topological polar surface area (TPSA) is 47.6 Å². The summed E-state index contributed by atoms with van der Waals surface area (Å²) in [6.07, 6.45) is 0.850. The number of hydrogen-bond donors (Lipinski definition) is 1. The van der Waals surface area contributed by atoms with Crippen molar-refractivity contribution in [1.82, 2.24) is 5.32 Å². The molecule has 19 heavy (non-hydrogen) atoms. The zero-order chi connectivity index (χ0) is 13.8. The molecular formula is C13H15F2NO3. The van der Waals surface area contributed by atoms with E-state index in [0.29, 0.717) is 19.8 Å². The van der Waals surface area contributed by atoms with E-state index in [2.05, 4.69) is 5.32 Å². The summed E-state index contributed by atoms with van der Waals surface area (Å²) in [4.78, 5) is 11.9. The van der Waals surface area contributed by atoms with E-state index >= 15 is 0 Å². The van der Waals surface area contributed by atoms with Gasteiger partial charge < -0.3 is 14.8 Å². The Hall–Kier alpha value is -1.69. The van der Waals surface area contributed by atoms with Crippen LogP contribution in [0.3, 0.4) is 0 Å². The van der Waals surface area contributed by atoms with Gasteiger partial charge in [0, 0.05) is 19.1 Å². The Morgan fingerprint density at radius 1 is 1.53 bits per heavy atom. The minimum absolute atomic E-state index is 0.0130. The van der Waals surface area contributed by atoms with Crippen LogP contribution in [0.2, 0.25) is 0 Å². The maximum atomic E-state index is 13.7. The molecule has 1 atom stereocenters. The molecule has 0 bridgehead atoms. The fourth-order valence-corrected chi connectivity index (χ4v) is 1.98. The first-order chi connectivity index (χ1) is 9.13. The maximum absolute atomic E-state index is 13.7. The molecule has 1 fully saturated rings. The predicted octanol–water partition coefficient (Wildman–Crippen LogP) is 1.74. The summed E-state index contributed by atoms with van der Waals surface area (Å²) >= 11 is 0. The number of nitrogens with one attached hydrogen (secondary N) is 1. The Labute approximate surface area is 109 Å². The summed E-state index contributed by atoms with van der Waals surface area (Å²) in [5.74, 6) is -2.72. The number of rotatable bonds is 4. The molecule has 1 aliphatic rings. The van der Waals surface area contributed by atoms with Crippen LogP contribution in [0.15, 0.2) is 12.1 Å². The van der Waals surface area contributed by atoms with Crippen LogP contribution < -0.4 is 10.1 Å². The van der Waals surface area contributed by atoms with Crippen LogP contribution in [0.4, 0.5) is 8.78 Å². The van der Waals surface area contributed by atoms with Gasteiger partial charge in [0.1, 0.15) is 11.3 Å². The van der Waals surface area contributed by atoms with E-state index in [1.807, 2.05) is 0 Å². The second-order valence-electron chi connectivity index (χ2n) is 4.38. The number of carbonyl (C=O) groups excluding carboxylic acids is 1. The molecule has 1 aromatic rings. The molecule has 0 saturated carbocycles. The largest absolute Gasteiger partial charge is 0.496 e. The molecule has 4 nitrogen and oxygen atoms in total. The first-order valence-electron chi connectivity index (χ1n) is 6.01. The van der Waals surface area contributed by atoms with Crippen molar-refractivity contribution in [1.29, 1.82) is 0 Å². The lowest BCUT2D eigenvalue weighted by Gasteiger charge is -2.12. The van der Waals surface area contributed by atoms with Gasteiger partial charge in [-0.15, -0.1) is 0 Å². The van der Waals surface area contributed by atoms with Crippen molar-refractivity contribution in [2.45, 2.75) is 6.42 Å². The van der Waals surface area contributed by atoms with Crippen LogP contribution in [0.1, 0.15) is 16.8 Å². The Morgan fingerprint density at radius 2 is 2.32 bits per heavy atom. The highest BCUT2D eigenvalue weighted by molar-refractivity contribution is 5.97. The fraction of sp³-hybridized carbons (Fsp3) is 0.462. The van der Waals surface area contributed by atoms with Crippen molar-refractivity contribution in [3.05, 3.63) is 29.3 Å². The van der Waals surface area contributed by atoms with Crippen LogP contribution in [-0.2, 0) is 4.74 Å². The van der Waals surface area contributed by atoms with E-state index in [1.54, 1.807) is 0 Å². The molecule has 0 aliphatic carbocycles. The van der Waals surface area contributed by atoms with Crippen molar-refractivity contribution in [2.24, 2.45) is 5.92 Å². The van der Waals surface area contributed by atoms with E-state index in [4.69, 9.17) is 9.47 Å². The summed E-state index contributed by atoms with van der Waals surface area (Å²) in [6.45, 7) is 1.61. The van der Waals surface area contributed by atoms with E-state index < -0.39 is 23.1 Å².